The normalized spacial score (nSPS) is 17.2. The number of rotatable bonds is 1. The number of benzene rings is 1. The second-order valence-electron chi connectivity index (χ2n) is 3.43. The van der Waals surface area contributed by atoms with Gasteiger partial charge in [-0.1, -0.05) is 30.4 Å². The van der Waals surface area contributed by atoms with Crippen molar-refractivity contribution in [1.29, 1.82) is 0 Å². The molecule has 0 aliphatic carbocycles. The number of nitrogens with zero attached hydrogens (tertiary/aromatic N) is 4. The number of thiocarbonyl (C=S) groups is 1. The molecule has 0 spiro atoms. The number of fused-ring (bicyclic) bond motifs is 1. The maximum Gasteiger partial charge on any atom is 0.230 e. The Bertz CT molecular complexity index is 598. The predicted octanol–water partition coefficient (Wildman–Crippen LogP) is 2.54. The van der Waals surface area contributed by atoms with Crippen LogP contribution in [0.25, 0.3) is 0 Å². The van der Waals surface area contributed by atoms with E-state index in [1.807, 2.05) is 30.3 Å². The maximum atomic E-state index is 5.14. The molecule has 0 amide bonds. The van der Waals surface area contributed by atoms with Crippen molar-refractivity contribution >= 4 is 34.7 Å². The van der Waals surface area contributed by atoms with Crippen LogP contribution in [0.1, 0.15) is 0 Å². The van der Waals surface area contributed by atoms with E-state index in [9.17, 15) is 0 Å². The maximum absolute atomic E-state index is 5.14. The molecule has 6 heteroatoms. The van der Waals surface area contributed by atoms with Crippen LogP contribution in [0.5, 0.6) is 0 Å². The number of para-hydroxylation sites is 1. The number of anilines is 1. The Balaban J connectivity index is 1.89. The fourth-order valence-electron chi connectivity index (χ4n) is 1.47. The largest absolute Gasteiger partial charge is 0.324 e. The van der Waals surface area contributed by atoms with Crippen molar-refractivity contribution < 1.29 is 0 Å². The van der Waals surface area contributed by atoms with Crippen LogP contribution in [0.3, 0.4) is 0 Å². The molecule has 0 aromatic heterocycles. The molecule has 82 valence electrons. The van der Waals surface area contributed by atoms with Gasteiger partial charge in [0, 0.05) is 5.69 Å². The van der Waals surface area contributed by atoms with Gasteiger partial charge >= 0.3 is 0 Å². The lowest BCUT2D eigenvalue weighted by molar-refractivity contribution is 1.32. The molecular formula is C11H7N5S. The molecule has 1 N–H and O–H groups in total. The van der Waals surface area contributed by atoms with Crippen LogP contribution < -0.4 is 5.32 Å². The third-order valence-corrected chi connectivity index (χ3v) is 2.57. The van der Waals surface area contributed by atoms with Gasteiger partial charge in [-0.15, -0.1) is 5.11 Å². The van der Waals surface area contributed by atoms with E-state index in [0.717, 1.165) is 5.69 Å². The van der Waals surface area contributed by atoms with E-state index in [1.54, 1.807) is 6.20 Å². The van der Waals surface area contributed by atoms with Gasteiger partial charge in [0.1, 0.15) is 4.99 Å². The van der Waals surface area contributed by atoms with Gasteiger partial charge in [0.05, 0.1) is 11.8 Å². The number of hydrogen-bond acceptors (Lipinski definition) is 5. The van der Waals surface area contributed by atoms with E-state index in [2.05, 4.69) is 25.5 Å². The van der Waals surface area contributed by atoms with Crippen molar-refractivity contribution in [2.45, 2.75) is 0 Å². The monoisotopic (exact) mass is 241 g/mol. The minimum absolute atomic E-state index is 0.439. The topological polar surface area (TPSA) is 61.5 Å². The minimum Gasteiger partial charge on any atom is -0.324 e. The highest BCUT2D eigenvalue weighted by molar-refractivity contribution is 7.81. The molecule has 5 nitrogen and oxygen atoms in total. The number of aliphatic imine (C=N–C) groups is 2. The highest BCUT2D eigenvalue weighted by atomic mass is 32.1. The van der Waals surface area contributed by atoms with Crippen molar-refractivity contribution in [1.82, 2.24) is 0 Å². The zero-order valence-corrected chi connectivity index (χ0v) is 9.48. The summed E-state index contributed by atoms with van der Waals surface area (Å²) in [6, 6.07) is 9.65. The minimum atomic E-state index is 0.439. The second kappa shape index (κ2) is 3.99. The smallest absolute Gasteiger partial charge is 0.230 e. The van der Waals surface area contributed by atoms with Crippen LogP contribution in [-0.2, 0) is 0 Å². The molecule has 17 heavy (non-hydrogen) atoms. The third kappa shape index (κ3) is 1.90. The Hall–Kier alpha value is -2.21. The fraction of sp³-hybridized carbons (Fsp3) is 0. The molecule has 2 aliphatic rings. The van der Waals surface area contributed by atoms with E-state index in [4.69, 9.17) is 12.2 Å². The van der Waals surface area contributed by atoms with Crippen LogP contribution >= 0.6 is 12.2 Å². The Labute approximate surface area is 103 Å². The molecule has 0 saturated heterocycles. The molecule has 0 radical (unpaired) electrons. The summed E-state index contributed by atoms with van der Waals surface area (Å²) in [7, 11) is 0. The van der Waals surface area contributed by atoms with Gasteiger partial charge in [-0.2, -0.15) is 10.1 Å². The van der Waals surface area contributed by atoms with Crippen LogP contribution in [-0.4, -0.2) is 16.8 Å². The summed E-state index contributed by atoms with van der Waals surface area (Å²) in [5.41, 5.74) is 1.61. The Morgan fingerprint density at radius 3 is 2.71 bits per heavy atom. The molecule has 3 rings (SSSR count). The van der Waals surface area contributed by atoms with Crippen LogP contribution in [0.15, 0.2) is 62.3 Å². The highest BCUT2D eigenvalue weighted by Gasteiger charge is 2.21. The average molecular weight is 241 g/mol. The van der Waals surface area contributed by atoms with Crippen molar-refractivity contribution in [2.24, 2.45) is 20.2 Å². The van der Waals surface area contributed by atoms with Crippen molar-refractivity contribution in [2.75, 3.05) is 5.32 Å². The van der Waals surface area contributed by atoms with Crippen LogP contribution in [0, 0.1) is 0 Å². The van der Waals surface area contributed by atoms with E-state index in [1.165, 1.54) is 0 Å². The zero-order chi connectivity index (χ0) is 11.7. The average Bonchev–Trinajstić information content (AvgIpc) is 2.79. The number of hydrogen-bond donors (Lipinski definition) is 1. The van der Waals surface area contributed by atoms with Gasteiger partial charge in [0.25, 0.3) is 0 Å². The summed E-state index contributed by atoms with van der Waals surface area (Å²) in [4.78, 5) is 8.87. The first-order chi connectivity index (χ1) is 8.33. The van der Waals surface area contributed by atoms with Crippen molar-refractivity contribution in [3.05, 3.63) is 42.1 Å². The lowest BCUT2D eigenvalue weighted by Gasteiger charge is -2.10. The molecule has 1 aromatic rings. The Morgan fingerprint density at radius 1 is 1.06 bits per heavy atom. The summed E-state index contributed by atoms with van der Waals surface area (Å²) in [5.74, 6) is 0.956. The molecule has 0 fully saturated rings. The molecular weight excluding hydrogens is 234 g/mol. The van der Waals surface area contributed by atoms with E-state index < -0.39 is 0 Å². The molecule has 0 unspecified atom stereocenters. The molecule has 1 aromatic carbocycles. The van der Waals surface area contributed by atoms with Gasteiger partial charge in [-0.3, -0.25) is 0 Å². The van der Waals surface area contributed by atoms with Gasteiger partial charge in [-0.05, 0) is 12.1 Å². The highest BCUT2D eigenvalue weighted by Crippen LogP contribution is 2.17. The van der Waals surface area contributed by atoms with E-state index in [0.29, 0.717) is 22.4 Å². The van der Waals surface area contributed by atoms with Gasteiger partial charge < -0.3 is 5.32 Å². The van der Waals surface area contributed by atoms with Crippen molar-refractivity contribution in [3.8, 4) is 0 Å². The number of guanidine groups is 1. The number of azo groups is 1. The summed E-state index contributed by atoms with van der Waals surface area (Å²) < 4.78 is 0. The Morgan fingerprint density at radius 2 is 1.88 bits per heavy atom. The predicted molar refractivity (Wildman–Crippen MR) is 70.5 cm³/mol. The molecule has 2 heterocycles. The summed E-state index contributed by atoms with van der Waals surface area (Å²) in [6.45, 7) is 0. The first kappa shape index (κ1) is 9.98. The summed E-state index contributed by atoms with van der Waals surface area (Å²) in [5, 5.41) is 10.7. The van der Waals surface area contributed by atoms with Crippen LogP contribution in [0.2, 0.25) is 0 Å². The Kier molecular flexibility index (Phi) is 2.34. The molecule has 0 atom stereocenters. The van der Waals surface area contributed by atoms with Gasteiger partial charge in [0.2, 0.25) is 5.96 Å². The zero-order valence-electron chi connectivity index (χ0n) is 8.66. The summed E-state index contributed by atoms with van der Waals surface area (Å²) >= 11 is 5.14. The summed E-state index contributed by atoms with van der Waals surface area (Å²) in [6.07, 6.45) is 1.57. The number of amidine groups is 1. The van der Waals surface area contributed by atoms with E-state index in [-0.39, 0.29) is 0 Å². The quantitative estimate of drug-likeness (QED) is 0.768. The van der Waals surface area contributed by atoms with E-state index >= 15 is 0 Å². The van der Waals surface area contributed by atoms with Crippen LogP contribution in [0.4, 0.5) is 5.69 Å². The first-order valence-electron chi connectivity index (χ1n) is 4.98. The van der Waals surface area contributed by atoms with Gasteiger partial charge in [-0.25, -0.2) is 4.99 Å². The first-order valence-corrected chi connectivity index (χ1v) is 5.39. The second-order valence-corrected chi connectivity index (χ2v) is 3.81. The van der Waals surface area contributed by atoms with Crippen molar-refractivity contribution in [3.63, 3.8) is 0 Å². The molecule has 2 aliphatic heterocycles. The molecule has 0 bridgehead atoms. The SMILES string of the molecule is S=C1N=C(Nc2ccccc2)N=C2N=NC=C12. The lowest BCUT2D eigenvalue weighted by atomic mass is 10.2. The third-order valence-electron chi connectivity index (χ3n) is 2.26. The number of nitrogens with one attached hydrogen (secondary N) is 1. The van der Waals surface area contributed by atoms with Gasteiger partial charge in [0.15, 0.2) is 5.84 Å². The fourth-order valence-corrected chi connectivity index (χ4v) is 1.71. The molecule has 0 saturated carbocycles. The standard InChI is InChI=1S/C11H7N5S/c17-10-8-6-12-16-9(8)14-11(15-10)13-7-4-2-1-3-5-7/h1-6H,(H,13,15,17). The lowest BCUT2D eigenvalue weighted by Crippen LogP contribution is -2.20.